The first-order chi connectivity index (χ1) is 11.9. The van der Waals surface area contributed by atoms with Crippen LogP contribution in [0.15, 0.2) is 53.5 Å². The van der Waals surface area contributed by atoms with Crippen LogP contribution in [0.2, 0.25) is 5.02 Å². The van der Waals surface area contributed by atoms with E-state index in [1.807, 2.05) is 50.2 Å². The third-order valence-electron chi connectivity index (χ3n) is 4.19. The van der Waals surface area contributed by atoms with Gasteiger partial charge < -0.3 is 5.32 Å². The zero-order valence-corrected chi connectivity index (χ0v) is 15.4. The maximum atomic E-state index is 12.5. The summed E-state index contributed by atoms with van der Waals surface area (Å²) in [4.78, 5) is 17.2. The molecule has 1 aliphatic rings. The monoisotopic (exact) mass is 369 g/mol. The molecule has 3 rings (SSSR count). The second kappa shape index (κ2) is 6.91. The summed E-state index contributed by atoms with van der Waals surface area (Å²) in [6.07, 6.45) is 0. The molecule has 0 bridgehead atoms. The molecule has 0 aromatic heterocycles. The lowest BCUT2D eigenvalue weighted by Gasteiger charge is -2.19. The predicted molar refractivity (Wildman–Crippen MR) is 102 cm³/mol. The van der Waals surface area contributed by atoms with Gasteiger partial charge >= 0.3 is 0 Å². The van der Waals surface area contributed by atoms with Gasteiger partial charge in [0.2, 0.25) is 5.91 Å². The fourth-order valence-electron chi connectivity index (χ4n) is 2.65. The highest BCUT2D eigenvalue weighted by atomic mass is 35.5. The molecule has 6 heteroatoms. The molecule has 2 aromatic rings. The van der Waals surface area contributed by atoms with Gasteiger partial charge in [-0.05, 0) is 43.2 Å². The number of nitrogens with zero attached hydrogens (tertiary/aromatic N) is 2. The van der Waals surface area contributed by atoms with Crippen molar-refractivity contribution in [1.29, 1.82) is 5.26 Å². The van der Waals surface area contributed by atoms with E-state index in [1.165, 1.54) is 11.8 Å². The number of thioether (sulfide) groups is 1. The average molecular weight is 370 g/mol. The van der Waals surface area contributed by atoms with Crippen LogP contribution in [-0.2, 0) is 9.54 Å². The molecule has 2 atom stereocenters. The maximum absolute atomic E-state index is 12.5. The summed E-state index contributed by atoms with van der Waals surface area (Å²) < 4.78 is -0.771. The summed E-state index contributed by atoms with van der Waals surface area (Å²) >= 11 is 7.60. The van der Waals surface area contributed by atoms with Crippen LogP contribution in [0.3, 0.4) is 0 Å². The van der Waals surface area contributed by atoms with Crippen molar-refractivity contribution < 1.29 is 4.79 Å². The largest absolute Gasteiger partial charge is 0.304 e. The second-order valence-corrected chi connectivity index (χ2v) is 7.72. The van der Waals surface area contributed by atoms with Crippen molar-refractivity contribution in [2.24, 2.45) is 4.99 Å². The van der Waals surface area contributed by atoms with E-state index in [0.717, 1.165) is 11.1 Å². The third kappa shape index (κ3) is 3.41. The Balaban J connectivity index is 1.86. The number of amidine groups is 1. The van der Waals surface area contributed by atoms with Crippen LogP contribution in [0.5, 0.6) is 0 Å². The summed E-state index contributed by atoms with van der Waals surface area (Å²) in [7, 11) is 0. The number of amides is 1. The van der Waals surface area contributed by atoms with Gasteiger partial charge in [0.05, 0.1) is 17.7 Å². The van der Waals surface area contributed by atoms with Gasteiger partial charge in [-0.2, -0.15) is 5.26 Å². The first-order valence-electron chi connectivity index (χ1n) is 7.77. The molecule has 1 fully saturated rings. The van der Waals surface area contributed by atoms with Crippen LogP contribution in [0.4, 0.5) is 0 Å². The Hall–Kier alpha value is -2.29. The highest BCUT2D eigenvalue weighted by Gasteiger charge is 2.44. The highest BCUT2D eigenvalue weighted by molar-refractivity contribution is 8.15. The van der Waals surface area contributed by atoms with E-state index < -0.39 is 4.75 Å². The SMILES string of the molecule is CC(N=C1NC(=O)C(C)(c2ccc(C#N)cc2)S1)c1ccccc1Cl. The standard InChI is InChI=1S/C19H16ClN3OS/c1-12(15-5-3-4-6-16(15)20)22-18-23-17(24)19(2,25-18)14-9-7-13(11-21)8-10-14/h3-10,12H,1-2H3,(H,22,23,24). The van der Waals surface area contributed by atoms with E-state index in [9.17, 15) is 4.79 Å². The van der Waals surface area contributed by atoms with Crippen molar-refractivity contribution in [2.45, 2.75) is 24.6 Å². The molecule has 4 nitrogen and oxygen atoms in total. The quantitative estimate of drug-likeness (QED) is 0.871. The van der Waals surface area contributed by atoms with Crippen LogP contribution >= 0.6 is 23.4 Å². The van der Waals surface area contributed by atoms with E-state index in [1.54, 1.807) is 12.1 Å². The summed E-state index contributed by atoms with van der Waals surface area (Å²) in [5.74, 6) is -0.118. The summed E-state index contributed by atoms with van der Waals surface area (Å²) in [5, 5.41) is 13.0. The van der Waals surface area contributed by atoms with Crippen LogP contribution in [0.25, 0.3) is 0 Å². The lowest BCUT2D eigenvalue weighted by atomic mass is 9.98. The molecule has 2 unspecified atom stereocenters. The molecule has 1 N–H and O–H groups in total. The molecule has 1 amide bonds. The third-order valence-corrected chi connectivity index (χ3v) is 5.76. The molecule has 0 spiro atoms. The van der Waals surface area contributed by atoms with Crippen LogP contribution in [-0.4, -0.2) is 11.1 Å². The number of carbonyl (C=O) groups is 1. The van der Waals surface area contributed by atoms with Crippen LogP contribution in [0, 0.1) is 11.3 Å². The topological polar surface area (TPSA) is 65.2 Å². The van der Waals surface area contributed by atoms with E-state index in [4.69, 9.17) is 16.9 Å². The molecule has 0 radical (unpaired) electrons. The minimum Gasteiger partial charge on any atom is -0.304 e. The Kier molecular flexibility index (Phi) is 4.85. The Morgan fingerprint density at radius 2 is 1.92 bits per heavy atom. The number of hydrogen-bond donors (Lipinski definition) is 1. The van der Waals surface area contributed by atoms with Gasteiger partial charge in [0.15, 0.2) is 5.17 Å². The summed E-state index contributed by atoms with van der Waals surface area (Å²) in [6.45, 7) is 3.80. The maximum Gasteiger partial charge on any atom is 0.246 e. The average Bonchev–Trinajstić information content (AvgIpc) is 2.90. The molecule has 1 heterocycles. The number of hydrogen-bond acceptors (Lipinski definition) is 4. The molecule has 1 aliphatic heterocycles. The van der Waals surface area contributed by atoms with Crippen molar-refractivity contribution in [3.05, 3.63) is 70.2 Å². The number of nitriles is 1. The van der Waals surface area contributed by atoms with Gasteiger partial charge in [0, 0.05) is 5.02 Å². The number of benzene rings is 2. The Bertz CT molecular complexity index is 888. The van der Waals surface area contributed by atoms with Gasteiger partial charge in [0.1, 0.15) is 4.75 Å². The van der Waals surface area contributed by atoms with Gasteiger partial charge in [0.25, 0.3) is 0 Å². The van der Waals surface area contributed by atoms with E-state index in [2.05, 4.69) is 16.4 Å². The molecule has 0 aliphatic carbocycles. The molecular weight excluding hydrogens is 354 g/mol. The number of rotatable bonds is 3. The summed E-state index contributed by atoms with van der Waals surface area (Å²) in [5.41, 5.74) is 2.32. The van der Waals surface area contributed by atoms with E-state index >= 15 is 0 Å². The smallest absolute Gasteiger partial charge is 0.246 e. The molecular formula is C19H16ClN3OS. The fraction of sp³-hybridized carbons (Fsp3) is 0.211. The molecule has 1 saturated heterocycles. The highest BCUT2D eigenvalue weighted by Crippen LogP contribution is 2.42. The minimum absolute atomic E-state index is 0.118. The Labute approximate surface area is 155 Å². The normalized spacial score (nSPS) is 22.5. The van der Waals surface area contributed by atoms with Crippen LogP contribution < -0.4 is 5.32 Å². The Morgan fingerprint density at radius 3 is 2.56 bits per heavy atom. The lowest BCUT2D eigenvalue weighted by molar-refractivity contribution is -0.121. The zero-order chi connectivity index (χ0) is 18.0. The molecule has 126 valence electrons. The van der Waals surface area contributed by atoms with E-state index in [0.29, 0.717) is 15.8 Å². The zero-order valence-electron chi connectivity index (χ0n) is 13.8. The van der Waals surface area contributed by atoms with Crippen molar-refractivity contribution in [2.75, 3.05) is 0 Å². The van der Waals surface area contributed by atoms with Gasteiger partial charge in [-0.25, -0.2) is 0 Å². The second-order valence-electron chi connectivity index (χ2n) is 5.91. The number of halogens is 1. The van der Waals surface area contributed by atoms with Crippen molar-refractivity contribution in [3.63, 3.8) is 0 Å². The number of carbonyl (C=O) groups excluding carboxylic acids is 1. The first-order valence-corrected chi connectivity index (χ1v) is 8.97. The number of nitrogens with one attached hydrogen (secondary N) is 1. The number of aliphatic imine (C=N–C) groups is 1. The molecule has 25 heavy (non-hydrogen) atoms. The van der Waals surface area contributed by atoms with Gasteiger partial charge in [-0.1, -0.05) is 53.7 Å². The minimum atomic E-state index is -0.771. The predicted octanol–water partition coefficient (Wildman–Crippen LogP) is 4.41. The van der Waals surface area contributed by atoms with E-state index in [-0.39, 0.29) is 11.9 Å². The van der Waals surface area contributed by atoms with Gasteiger partial charge in [-0.15, -0.1) is 0 Å². The van der Waals surface area contributed by atoms with Crippen molar-refractivity contribution >= 4 is 34.4 Å². The molecule has 0 saturated carbocycles. The molecule has 2 aromatic carbocycles. The lowest BCUT2D eigenvalue weighted by Crippen LogP contribution is -2.31. The van der Waals surface area contributed by atoms with Crippen molar-refractivity contribution in [3.8, 4) is 6.07 Å². The Morgan fingerprint density at radius 1 is 1.24 bits per heavy atom. The first kappa shape index (κ1) is 17.5. The van der Waals surface area contributed by atoms with Gasteiger partial charge in [-0.3, -0.25) is 9.79 Å². The van der Waals surface area contributed by atoms with Crippen molar-refractivity contribution in [1.82, 2.24) is 5.32 Å². The summed E-state index contributed by atoms with van der Waals surface area (Å²) in [6, 6.07) is 16.5. The van der Waals surface area contributed by atoms with Crippen LogP contribution in [0.1, 0.15) is 36.6 Å². The fourth-order valence-corrected chi connectivity index (χ4v) is 4.08.